The van der Waals surface area contributed by atoms with Gasteiger partial charge in [0.1, 0.15) is 0 Å². The lowest BCUT2D eigenvalue weighted by Crippen LogP contribution is -2.40. The lowest BCUT2D eigenvalue weighted by Gasteiger charge is -2.26. The van der Waals surface area contributed by atoms with E-state index in [1.807, 2.05) is 4.57 Å². The summed E-state index contributed by atoms with van der Waals surface area (Å²) in [6, 6.07) is 6.58. The number of ether oxygens (including phenoxy) is 2. The van der Waals surface area contributed by atoms with Crippen LogP contribution in [0.5, 0.6) is 0 Å². The van der Waals surface area contributed by atoms with E-state index in [1.165, 1.54) is 16.1 Å². The number of methoxy groups -OCH3 is 1. The summed E-state index contributed by atoms with van der Waals surface area (Å²) in [7, 11) is -1.93. The SMILES string of the molecule is COCCCn1c(SCC(N)=O)nnc1-c1ccc(S(=O)(=O)N2CCOCC2)cc1. The molecular formula is C18H25N5O5S2. The zero-order chi connectivity index (χ0) is 21.6. The van der Waals surface area contributed by atoms with Gasteiger partial charge in [-0.1, -0.05) is 11.8 Å². The highest BCUT2D eigenvalue weighted by Crippen LogP contribution is 2.26. The van der Waals surface area contributed by atoms with Crippen molar-refractivity contribution in [1.29, 1.82) is 0 Å². The first-order chi connectivity index (χ1) is 14.4. The summed E-state index contributed by atoms with van der Waals surface area (Å²) < 4.78 is 39.3. The van der Waals surface area contributed by atoms with Crippen LogP contribution in [0.1, 0.15) is 6.42 Å². The molecule has 1 amide bonds. The summed E-state index contributed by atoms with van der Waals surface area (Å²) in [5.74, 6) is 0.248. The van der Waals surface area contributed by atoms with Gasteiger partial charge < -0.3 is 19.8 Å². The van der Waals surface area contributed by atoms with Crippen LogP contribution >= 0.6 is 11.8 Å². The fourth-order valence-corrected chi connectivity index (χ4v) is 5.14. The number of carbonyl (C=O) groups is 1. The molecule has 30 heavy (non-hydrogen) atoms. The number of carbonyl (C=O) groups excluding carboxylic acids is 1. The van der Waals surface area contributed by atoms with E-state index < -0.39 is 15.9 Å². The van der Waals surface area contributed by atoms with Crippen molar-refractivity contribution in [3.8, 4) is 11.4 Å². The molecule has 1 saturated heterocycles. The molecule has 3 rings (SSSR count). The molecule has 0 atom stereocenters. The van der Waals surface area contributed by atoms with E-state index in [4.69, 9.17) is 15.2 Å². The molecule has 0 aliphatic carbocycles. The molecule has 2 aromatic rings. The molecule has 2 heterocycles. The molecule has 1 aliphatic rings. The molecule has 10 nitrogen and oxygen atoms in total. The van der Waals surface area contributed by atoms with Crippen LogP contribution in [-0.4, -0.2) is 79.2 Å². The van der Waals surface area contributed by atoms with E-state index in [-0.39, 0.29) is 10.6 Å². The highest BCUT2D eigenvalue weighted by molar-refractivity contribution is 7.99. The summed E-state index contributed by atoms with van der Waals surface area (Å²) in [6.07, 6.45) is 0.731. The summed E-state index contributed by atoms with van der Waals surface area (Å²) in [5.41, 5.74) is 5.97. The van der Waals surface area contributed by atoms with Gasteiger partial charge in [-0.15, -0.1) is 10.2 Å². The van der Waals surface area contributed by atoms with Gasteiger partial charge in [0.25, 0.3) is 0 Å². The summed E-state index contributed by atoms with van der Waals surface area (Å²) in [5, 5.41) is 9.00. The molecule has 1 fully saturated rings. The Morgan fingerprint density at radius 2 is 1.93 bits per heavy atom. The lowest BCUT2D eigenvalue weighted by atomic mass is 10.2. The minimum atomic E-state index is -3.56. The quantitative estimate of drug-likeness (QED) is 0.407. The highest BCUT2D eigenvalue weighted by atomic mass is 32.2. The Balaban J connectivity index is 1.84. The van der Waals surface area contributed by atoms with Crippen molar-refractivity contribution in [2.24, 2.45) is 5.73 Å². The monoisotopic (exact) mass is 455 g/mol. The van der Waals surface area contributed by atoms with E-state index in [1.54, 1.807) is 31.4 Å². The molecule has 164 valence electrons. The van der Waals surface area contributed by atoms with Crippen molar-refractivity contribution in [1.82, 2.24) is 19.1 Å². The maximum atomic E-state index is 12.8. The standard InChI is InChI=1S/C18H25N5O5S2/c1-27-10-2-7-23-17(20-21-18(23)29-13-16(19)24)14-3-5-15(6-4-14)30(25,26)22-8-11-28-12-9-22/h3-6H,2,7-13H2,1H3,(H2,19,24). The maximum absolute atomic E-state index is 12.8. The first kappa shape index (κ1) is 22.7. The third kappa shape index (κ3) is 5.38. The smallest absolute Gasteiger partial charge is 0.243 e. The number of primary amides is 1. The van der Waals surface area contributed by atoms with Gasteiger partial charge in [-0.2, -0.15) is 4.31 Å². The second-order valence-electron chi connectivity index (χ2n) is 6.60. The van der Waals surface area contributed by atoms with Gasteiger partial charge in [-0.3, -0.25) is 4.79 Å². The van der Waals surface area contributed by atoms with Crippen LogP contribution in [0.3, 0.4) is 0 Å². The van der Waals surface area contributed by atoms with Crippen molar-refractivity contribution < 1.29 is 22.7 Å². The van der Waals surface area contributed by atoms with Crippen LogP contribution in [0.2, 0.25) is 0 Å². The Kier molecular flexibility index (Phi) is 7.83. The van der Waals surface area contributed by atoms with Gasteiger partial charge in [0.2, 0.25) is 15.9 Å². The molecule has 12 heteroatoms. The number of benzene rings is 1. The van der Waals surface area contributed by atoms with Crippen LogP contribution in [0.25, 0.3) is 11.4 Å². The van der Waals surface area contributed by atoms with Crippen LogP contribution in [0.4, 0.5) is 0 Å². The summed E-state index contributed by atoms with van der Waals surface area (Å²) in [6.45, 7) is 2.64. The summed E-state index contributed by atoms with van der Waals surface area (Å²) in [4.78, 5) is 11.4. The molecular weight excluding hydrogens is 430 g/mol. The predicted octanol–water partition coefficient (Wildman–Crippen LogP) is 0.580. The topological polar surface area (TPSA) is 130 Å². The van der Waals surface area contributed by atoms with Crippen molar-refractivity contribution in [2.75, 3.05) is 45.8 Å². The number of rotatable bonds is 10. The fourth-order valence-electron chi connectivity index (χ4n) is 3.03. The van der Waals surface area contributed by atoms with Crippen LogP contribution in [-0.2, 0) is 30.8 Å². The Morgan fingerprint density at radius 3 is 2.57 bits per heavy atom. The number of sulfonamides is 1. The minimum absolute atomic E-state index is 0.0964. The molecule has 0 bridgehead atoms. The predicted molar refractivity (Wildman–Crippen MR) is 111 cm³/mol. The van der Waals surface area contributed by atoms with Gasteiger partial charge in [-0.25, -0.2) is 8.42 Å². The van der Waals surface area contributed by atoms with E-state index in [0.29, 0.717) is 50.4 Å². The number of hydrogen-bond donors (Lipinski definition) is 1. The lowest BCUT2D eigenvalue weighted by molar-refractivity contribution is -0.115. The van der Waals surface area contributed by atoms with Crippen molar-refractivity contribution in [3.63, 3.8) is 0 Å². The van der Waals surface area contributed by atoms with Gasteiger partial charge in [-0.05, 0) is 30.7 Å². The number of amides is 1. The average Bonchev–Trinajstić information content (AvgIpc) is 3.16. The maximum Gasteiger partial charge on any atom is 0.243 e. The van der Waals surface area contributed by atoms with E-state index in [0.717, 1.165) is 12.0 Å². The largest absolute Gasteiger partial charge is 0.385 e. The van der Waals surface area contributed by atoms with Gasteiger partial charge in [0, 0.05) is 38.9 Å². The highest BCUT2D eigenvalue weighted by Gasteiger charge is 2.26. The second-order valence-corrected chi connectivity index (χ2v) is 9.48. The van der Waals surface area contributed by atoms with Crippen LogP contribution in [0, 0.1) is 0 Å². The third-order valence-corrected chi connectivity index (χ3v) is 7.41. The van der Waals surface area contributed by atoms with E-state index in [2.05, 4.69) is 10.2 Å². The average molecular weight is 456 g/mol. The zero-order valence-electron chi connectivity index (χ0n) is 16.7. The Bertz CT molecular complexity index is 956. The number of morpholine rings is 1. The van der Waals surface area contributed by atoms with Crippen molar-refractivity contribution in [2.45, 2.75) is 23.0 Å². The van der Waals surface area contributed by atoms with Gasteiger partial charge >= 0.3 is 0 Å². The fraction of sp³-hybridized carbons (Fsp3) is 0.500. The minimum Gasteiger partial charge on any atom is -0.385 e. The third-order valence-electron chi connectivity index (χ3n) is 4.51. The van der Waals surface area contributed by atoms with Crippen molar-refractivity contribution in [3.05, 3.63) is 24.3 Å². The number of nitrogens with two attached hydrogens (primary N) is 1. The molecule has 0 spiro atoms. The molecule has 1 aromatic carbocycles. The van der Waals surface area contributed by atoms with Crippen LogP contribution in [0.15, 0.2) is 34.3 Å². The van der Waals surface area contributed by atoms with Crippen molar-refractivity contribution >= 4 is 27.7 Å². The molecule has 0 saturated carbocycles. The second kappa shape index (κ2) is 10.4. The Morgan fingerprint density at radius 1 is 1.23 bits per heavy atom. The molecule has 0 unspecified atom stereocenters. The summed E-state index contributed by atoms with van der Waals surface area (Å²) >= 11 is 1.21. The molecule has 1 aliphatic heterocycles. The number of aromatic nitrogens is 3. The van der Waals surface area contributed by atoms with E-state index >= 15 is 0 Å². The number of thioether (sulfide) groups is 1. The molecule has 1 aromatic heterocycles. The molecule has 0 radical (unpaired) electrons. The van der Waals surface area contributed by atoms with E-state index in [9.17, 15) is 13.2 Å². The Hall–Kier alpha value is -1.99. The number of nitrogens with zero attached hydrogens (tertiary/aromatic N) is 4. The molecule has 2 N–H and O–H groups in total. The first-order valence-corrected chi connectivity index (χ1v) is 11.9. The zero-order valence-corrected chi connectivity index (χ0v) is 18.3. The first-order valence-electron chi connectivity index (χ1n) is 9.45. The van der Waals surface area contributed by atoms with Gasteiger partial charge in [0.05, 0.1) is 23.9 Å². The Labute approximate surface area is 179 Å². The number of hydrogen-bond acceptors (Lipinski definition) is 8. The van der Waals surface area contributed by atoms with Crippen LogP contribution < -0.4 is 5.73 Å². The van der Waals surface area contributed by atoms with Gasteiger partial charge in [0.15, 0.2) is 11.0 Å². The normalized spacial score (nSPS) is 15.4.